The van der Waals surface area contributed by atoms with Crippen molar-refractivity contribution in [3.63, 3.8) is 0 Å². The van der Waals surface area contributed by atoms with Crippen LogP contribution in [0.1, 0.15) is 18.4 Å². The third kappa shape index (κ3) is 5.53. The van der Waals surface area contributed by atoms with E-state index in [2.05, 4.69) is 10.00 Å². The van der Waals surface area contributed by atoms with Crippen molar-refractivity contribution in [2.45, 2.75) is 44.6 Å². The number of aryl methyl sites for hydroxylation is 1. The highest BCUT2D eigenvalue weighted by molar-refractivity contribution is 4.99. The Kier molecular flexibility index (Phi) is 6.62. The standard InChI is InChI=1S/C17H29N3O4/c1-14-7-18-20(8-14)11-17-10-19(4-6-24-17)9-15(21)12-22-13-16-3-2-5-23-16/h7-8,15-17,21H,2-6,9-13H2,1H3/t15-,16+,17-/m0/s1. The zero-order valence-corrected chi connectivity index (χ0v) is 14.5. The topological polar surface area (TPSA) is 69.0 Å². The Bertz CT molecular complexity index is 490. The SMILES string of the molecule is Cc1cnn(C[C@@H]2CN(C[C@H](O)COC[C@H]3CCCO3)CCO2)c1. The molecule has 2 aliphatic rings. The molecule has 7 heteroatoms. The quantitative estimate of drug-likeness (QED) is 0.742. The van der Waals surface area contributed by atoms with Crippen LogP contribution in [0.25, 0.3) is 0 Å². The molecule has 0 aromatic carbocycles. The van der Waals surface area contributed by atoms with Crippen molar-refractivity contribution < 1.29 is 19.3 Å². The van der Waals surface area contributed by atoms with Crippen LogP contribution in [0, 0.1) is 6.92 Å². The molecule has 2 fully saturated rings. The van der Waals surface area contributed by atoms with Gasteiger partial charge >= 0.3 is 0 Å². The number of aliphatic hydroxyl groups excluding tert-OH is 1. The molecule has 1 aromatic rings. The van der Waals surface area contributed by atoms with Crippen LogP contribution in [0.15, 0.2) is 12.4 Å². The van der Waals surface area contributed by atoms with Crippen LogP contribution in [-0.2, 0) is 20.8 Å². The average Bonchev–Trinajstić information content (AvgIpc) is 3.20. The van der Waals surface area contributed by atoms with E-state index in [1.165, 1.54) is 0 Å². The molecule has 0 saturated carbocycles. The van der Waals surface area contributed by atoms with Crippen LogP contribution in [0.3, 0.4) is 0 Å². The zero-order valence-electron chi connectivity index (χ0n) is 14.5. The van der Waals surface area contributed by atoms with E-state index in [1.807, 2.05) is 24.0 Å². The highest BCUT2D eigenvalue weighted by Gasteiger charge is 2.23. The smallest absolute Gasteiger partial charge is 0.0900 e. The van der Waals surface area contributed by atoms with Crippen LogP contribution in [0.4, 0.5) is 0 Å². The van der Waals surface area contributed by atoms with E-state index in [-0.39, 0.29) is 12.2 Å². The van der Waals surface area contributed by atoms with Crippen molar-refractivity contribution in [3.8, 4) is 0 Å². The molecule has 2 saturated heterocycles. The summed E-state index contributed by atoms with van der Waals surface area (Å²) in [4.78, 5) is 2.24. The molecule has 0 radical (unpaired) electrons. The van der Waals surface area contributed by atoms with Gasteiger partial charge in [-0.3, -0.25) is 9.58 Å². The third-order valence-corrected chi connectivity index (χ3v) is 4.48. The van der Waals surface area contributed by atoms with Gasteiger partial charge in [0.2, 0.25) is 0 Å². The number of aliphatic hydroxyl groups is 1. The van der Waals surface area contributed by atoms with Gasteiger partial charge in [0, 0.05) is 32.4 Å². The maximum atomic E-state index is 10.2. The number of β-amino-alcohol motifs (C(OH)–C–C–N with tert-alkyl or cyclic N) is 1. The maximum Gasteiger partial charge on any atom is 0.0900 e. The summed E-state index contributed by atoms with van der Waals surface area (Å²) < 4.78 is 18.9. The number of ether oxygens (including phenoxy) is 3. The molecular formula is C17H29N3O4. The molecule has 1 aromatic heterocycles. The lowest BCUT2D eigenvalue weighted by molar-refractivity contribution is -0.0630. The van der Waals surface area contributed by atoms with Gasteiger partial charge in [-0.1, -0.05) is 0 Å². The highest BCUT2D eigenvalue weighted by Crippen LogP contribution is 2.12. The van der Waals surface area contributed by atoms with Crippen LogP contribution in [0.2, 0.25) is 0 Å². The highest BCUT2D eigenvalue weighted by atomic mass is 16.5. The Labute approximate surface area is 143 Å². The second kappa shape index (κ2) is 8.92. The lowest BCUT2D eigenvalue weighted by Gasteiger charge is -2.34. The van der Waals surface area contributed by atoms with E-state index in [4.69, 9.17) is 14.2 Å². The minimum Gasteiger partial charge on any atom is -0.389 e. The van der Waals surface area contributed by atoms with Crippen molar-refractivity contribution in [1.82, 2.24) is 14.7 Å². The molecule has 136 valence electrons. The molecule has 0 unspecified atom stereocenters. The lowest BCUT2D eigenvalue weighted by atomic mass is 10.2. The second-order valence-electron chi connectivity index (χ2n) is 6.82. The molecule has 0 amide bonds. The fourth-order valence-corrected chi connectivity index (χ4v) is 3.29. The third-order valence-electron chi connectivity index (χ3n) is 4.48. The van der Waals surface area contributed by atoms with Crippen molar-refractivity contribution in [1.29, 1.82) is 0 Å². The number of nitrogens with zero attached hydrogens (tertiary/aromatic N) is 3. The summed E-state index contributed by atoms with van der Waals surface area (Å²) in [5, 5.41) is 14.5. The molecular weight excluding hydrogens is 310 g/mol. The minimum atomic E-state index is -0.475. The fourth-order valence-electron chi connectivity index (χ4n) is 3.29. The van der Waals surface area contributed by atoms with Gasteiger partial charge in [-0.25, -0.2) is 0 Å². The van der Waals surface area contributed by atoms with Gasteiger partial charge in [0.1, 0.15) is 0 Å². The predicted molar refractivity (Wildman–Crippen MR) is 88.9 cm³/mol. The molecule has 3 heterocycles. The van der Waals surface area contributed by atoms with E-state index < -0.39 is 6.10 Å². The van der Waals surface area contributed by atoms with Gasteiger partial charge in [0.15, 0.2) is 0 Å². The normalized spacial score (nSPS) is 26.8. The van der Waals surface area contributed by atoms with Crippen molar-refractivity contribution >= 4 is 0 Å². The summed E-state index contributed by atoms with van der Waals surface area (Å²) in [6.07, 6.45) is 5.90. The van der Waals surface area contributed by atoms with Gasteiger partial charge in [0.25, 0.3) is 0 Å². The molecule has 2 aliphatic heterocycles. The van der Waals surface area contributed by atoms with E-state index in [0.29, 0.717) is 26.4 Å². The van der Waals surface area contributed by atoms with E-state index in [1.54, 1.807) is 0 Å². The predicted octanol–water partition coefficient (Wildman–Crippen LogP) is 0.449. The maximum absolute atomic E-state index is 10.2. The summed E-state index contributed by atoms with van der Waals surface area (Å²) >= 11 is 0. The van der Waals surface area contributed by atoms with E-state index in [0.717, 1.165) is 44.6 Å². The number of morpholine rings is 1. The first kappa shape index (κ1) is 17.8. The Morgan fingerprint density at radius 3 is 3.00 bits per heavy atom. The average molecular weight is 339 g/mol. The van der Waals surface area contributed by atoms with Crippen LogP contribution in [0.5, 0.6) is 0 Å². The summed E-state index contributed by atoms with van der Waals surface area (Å²) in [5.41, 5.74) is 1.15. The van der Waals surface area contributed by atoms with E-state index >= 15 is 0 Å². The van der Waals surface area contributed by atoms with Crippen molar-refractivity contribution in [2.75, 3.05) is 46.1 Å². The van der Waals surface area contributed by atoms with Gasteiger partial charge in [0.05, 0.1) is 50.9 Å². The van der Waals surface area contributed by atoms with Crippen molar-refractivity contribution in [3.05, 3.63) is 18.0 Å². The Morgan fingerprint density at radius 1 is 1.38 bits per heavy atom. The van der Waals surface area contributed by atoms with Gasteiger partial charge in [-0.15, -0.1) is 0 Å². The molecule has 3 atom stereocenters. The number of rotatable bonds is 8. The first-order valence-electron chi connectivity index (χ1n) is 8.89. The van der Waals surface area contributed by atoms with E-state index in [9.17, 15) is 5.11 Å². The summed E-state index contributed by atoms with van der Waals surface area (Å²) in [7, 11) is 0. The molecule has 1 N–H and O–H groups in total. The zero-order chi connectivity index (χ0) is 16.8. The second-order valence-corrected chi connectivity index (χ2v) is 6.82. The van der Waals surface area contributed by atoms with Crippen LogP contribution in [-0.4, -0.2) is 84.2 Å². The molecule has 7 nitrogen and oxygen atoms in total. The van der Waals surface area contributed by atoms with Gasteiger partial charge in [-0.05, 0) is 25.3 Å². The fraction of sp³-hybridized carbons (Fsp3) is 0.824. The summed E-state index contributed by atoms with van der Waals surface area (Å²) in [6, 6.07) is 0. The van der Waals surface area contributed by atoms with Crippen molar-refractivity contribution in [2.24, 2.45) is 0 Å². The summed E-state index contributed by atoms with van der Waals surface area (Å²) in [6.45, 7) is 7.51. The Balaban J connectivity index is 1.34. The van der Waals surface area contributed by atoms with Crippen LogP contribution < -0.4 is 0 Å². The Hall–Kier alpha value is -0.990. The monoisotopic (exact) mass is 339 g/mol. The molecule has 24 heavy (non-hydrogen) atoms. The largest absolute Gasteiger partial charge is 0.389 e. The number of aromatic nitrogens is 2. The van der Waals surface area contributed by atoms with Crippen LogP contribution >= 0.6 is 0 Å². The molecule has 0 bridgehead atoms. The number of hydrogen-bond acceptors (Lipinski definition) is 6. The number of hydrogen-bond donors (Lipinski definition) is 1. The first-order valence-corrected chi connectivity index (χ1v) is 8.89. The first-order chi connectivity index (χ1) is 11.7. The van der Waals surface area contributed by atoms with Gasteiger partial charge in [-0.2, -0.15) is 5.10 Å². The Morgan fingerprint density at radius 2 is 2.25 bits per heavy atom. The molecule has 3 rings (SSSR count). The molecule has 0 spiro atoms. The lowest BCUT2D eigenvalue weighted by Crippen LogP contribution is -2.47. The van der Waals surface area contributed by atoms with Gasteiger partial charge < -0.3 is 19.3 Å². The summed E-state index contributed by atoms with van der Waals surface area (Å²) in [5.74, 6) is 0. The minimum absolute atomic E-state index is 0.109. The molecule has 0 aliphatic carbocycles.